The fourth-order valence-corrected chi connectivity index (χ4v) is 1.51. The van der Waals surface area contributed by atoms with E-state index in [1.807, 2.05) is 6.07 Å². The van der Waals surface area contributed by atoms with Crippen molar-refractivity contribution in [2.75, 3.05) is 13.3 Å². The Hall–Kier alpha value is -1.09. The smallest absolute Gasteiger partial charge is 0.243 e. The van der Waals surface area contributed by atoms with Crippen molar-refractivity contribution >= 4 is 15.7 Å². The maximum absolute atomic E-state index is 12.0. The molecule has 0 saturated heterocycles. The van der Waals surface area contributed by atoms with E-state index in [0.717, 1.165) is 6.26 Å². The lowest BCUT2D eigenvalue weighted by atomic mass is 10.1. The van der Waals surface area contributed by atoms with Crippen LogP contribution in [0.3, 0.4) is 0 Å². The lowest BCUT2D eigenvalue weighted by molar-refractivity contribution is -0.133. The van der Waals surface area contributed by atoms with Crippen LogP contribution in [0.1, 0.15) is 27.2 Å². The van der Waals surface area contributed by atoms with Gasteiger partial charge in [0, 0.05) is 19.3 Å². The monoisotopic (exact) mass is 246 g/mol. The van der Waals surface area contributed by atoms with E-state index in [2.05, 4.69) is 0 Å². The Morgan fingerprint density at radius 2 is 1.94 bits per heavy atom. The van der Waals surface area contributed by atoms with Crippen LogP contribution in [0.4, 0.5) is 0 Å². The summed E-state index contributed by atoms with van der Waals surface area (Å²) in [6.45, 7) is 4.46. The van der Waals surface area contributed by atoms with Gasteiger partial charge in [-0.25, -0.2) is 8.42 Å². The van der Waals surface area contributed by atoms with Crippen LogP contribution in [-0.2, 0) is 14.6 Å². The summed E-state index contributed by atoms with van der Waals surface area (Å²) in [6, 6.07) is 1.66. The second kappa shape index (κ2) is 4.83. The summed E-state index contributed by atoms with van der Waals surface area (Å²) in [5.74, 6) is -0.488. The molecular weight excluding hydrogens is 228 g/mol. The molecular formula is C10H18N2O3S. The molecule has 0 aliphatic heterocycles. The van der Waals surface area contributed by atoms with Crippen molar-refractivity contribution in [3.8, 4) is 6.07 Å². The second-order valence-corrected chi connectivity index (χ2v) is 6.97. The fraction of sp³-hybridized carbons (Fsp3) is 0.800. The molecule has 1 atom stereocenters. The van der Waals surface area contributed by atoms with Gasteiger partial charge in [-0.15, -0.1) is 0 Å². The third kappa shape index (κ3) is 2.95. The van der Waals surface area contributed by atoms with E-state index in [4.69, 9.17) is 5.26 Å². The number of amides is 1. The molecule has 16 heavy (non-hydrogen) atoms. The van der Waals surface area contributed by atoms with Gasteiger partial charge in [0.2, 0.25) is 5.91 Å². The predicted octanol–water partition coefficient (Wildman–Crippen LogP) is 0.570. The van der Waals surface area contributed by atoms with Crippen LogP contribution in [0.2, 0.25) is 0 Å². The molecule has 0 spiro atoms. The van der Waals surface area contributed by atoms with Gasteiger partial charge in [-0.3, -0.25) is 4.79 Å². The van der Waals surface area contributed by atoms with Crippen LogP contribution in [0.15, 0.2) is 0 Å². The zero-order chi connectivity index (χ0) is 13.1. The Labute approximate surface area is 97.0 Å². The summed E-state index contributed by atoms with van der Waals surface area (Å²) in [4.78, 5) is 13.3. The van der Waals surface area contributed by atoms with Gasteiger partial charge in [-0.05, 0) is 20.8 Å². The molecule has 0 N–H and O–H groups in total. The van der Waals surface area contributed by atoms with Crippen LogP contribution in [0.5, 0.6) is 0 Å². The predicted molar refractivity (Wildman–Crippen MR) is 61.4 cm³/mol. The van der Waals surface area contributed by atoms with Gasteiger partial charge in [0.15, 0.2) is 9.84 Å². The highest BCUT2D eigenvalue weighted by molar-refractivity contribution is 7.92. The van der Waals surface area contributed by atoms with E-state index in [1.165, 1.54) is 25.8 Å². The SMILES string of the molecule is CC(CC#N)N(C)C(=O)C(C)(C)S(C)(=O)=O. The van der Waals surface area contributed by atoms with Crippen LogP contribution in [-0.4, -0.2) is 43.3 Å². The Morgan fingerprint density at radius 3 is 2.25 bits per heavy atom. The highest BCUT2D eigenvalue weighted by Gasteiger charge is 2.41. The van der Waals surface area contributed by atoms with Crippen molar-refractivity contribution in [3.05, 3.63) is 0 Å². The Balaban J connectivity index is 5.03. The van der Waals surface area contributed by atoms with E-state index < -0.39 is 20.5 Å². The average Bonchev–Trinajstić information content (AvgIpc) is 2.14. The lowest BCUT2D eigenvalue weighted by Gasteiger charge is -2.31. The molecule has 1 unspecified atom stereocenters. The third-order valence-corrected chi connectivity index (χ3v) is 4.84. The number of carbonyl (C=O) groups excluding carboxylic acids is 1. The lowest BCUT2D eigenvalue weighted by Crippen LogP contribution is -2.50. The normalized spacial score (nSPS) is 14.0. The molecule has 0 heterocycles. The standard InChI is InChI=1S/C10H18N2O3S/c1-8(6-7-11)12(4)9(13)10(2,3)16(5,14)15/h8H,6H2,1-5H3. The Kier molecular flexibility index (Phi) is 4.50. The topological polar surface area (TPSA) is 78.2 Å². The molecule has 0 aromatic carbocycles. The number of nitrogens with zero attached hydrogens (tertiary/aromatic N) is 2. The minimum absolute atomic E-state index is 0.183. The molecule has 0 aliphatic rings. The summed E-state index contributed by atoms with van der Waals surface area (Å²) in [6.07, 6.45) is 1.22. The van der Waals surface area contributed by atoms with Crippen molar-refractivity contribution in [1.29, 1.82) is 5.26 Å². The van der Waals surface area contributed by atoms with E-state index in [9.17, 15) is 13.2 Å². The zero-order valence-corrected chi connectivity index (χ0v) is 11.1. The van der Waals surface area contributed by atoms with Crippen LogP contribution in [0, 0.1) is 11.3 Å². The average molecular weight is 246 g/mol. The summed E-state index contributed by atoms with van der Waals surface area (Å²) in [7, 11) is -1.96. The summed E-state index contributed by atoms with van der Waals surface area (Å²) < 4.78 is 21.5. The first kappa shape index (κ1) is 14.9. The second-order valence-electron chi connectivity index (χ2n) is 4.41. The third-order valence-electron chi connectivity index (χ3n) is 2.81. The van der Waals surface area contributed by atoms with Gasteiger partial charge < -0.3 is 4.90 Å². The van der Waals surface area contributed by atoms with Crippen molar-refractivity contribution in [2.45, 2.75) is 38.0 Å². The van der Waals surface area contributed by atoms with Gasteiger partial charge in [-0.1, -0.05) is 0 Å². The molecule has 0 saturated carbocycles. The molecule has 0 rings (SSSR count). The summed E-state index contributed by atoms with van der Waals surface area (Å²) >= 11 is 0. The molecule has 0 aromatic heterocycles. The van der Waals surface area contributed by atoms with Gasteiger partial charge in [0.05, 0.1) is 12.5 Å². The van der Waals surface area contributed by atoms with Crippen molar-refractivity contribution < 1.29 is 13.2 Å². The maximum atomic E-state index is 12.0. The van der Waals surface area contributed by atoms with E-state index in [0.29, 0.717) is 0 Å². The van der Waals surface area contributed by atoms with Gasteiger partial charge >= 0.3 is 0 Å². The molecule has 1 amide bonds. The quantitative estimate of drug-likeness (QED) is 0.726. The van der Waals surface area contributed by atoms with E-state index in [1.54, 1.807) is 6.92 Å². The van der Waals surface area contributed by atoms with Crippen molar-refractivity contribution in [2.24, 2.45) is 0 Å². The molecule has 0 aliphatic carbocycles. The molecule has 0 radical (unpaired) electrons. The number of rotatable bonds is 4. The number of sulfone groups is 1. The highest BCUT2D eigenvalue weighted by atomic mass is 32.2. The van der Waals surface area contributed by atoms with Crippen molar-refractivity contribution in [3.63, 3.8) is 0 Å². The molecule has 0 fully saturated rings. The molecule has 6 heteroatoms. The first-order valence-corrected chi connectivity index (χ1v) is 6.78. The summed E-state index contributed by atoms with van der Waals surface area (Å²) in [5, 5.41) is 8.52. The zero-order valence-electron chi connectivity index (χ0n) is 10.3. The number of hydrogen-bond donors (Lipinski definition) is 0. The molecule has 0 aromatic rings. The van der Waals surface area contributed by atoms with E-state index in [-0.39, 0.29) is 12.5 Å². The van der Waals surface area contributed by atoms with Gasteiger partial charge in [0.1, 0.15) is 4.75 Å². The maximum Gasteiger partial charge on any atom is 0.243 e. The first-order valence-electron chi connectivity index (χ1n) is 4.89. The van der Waals surface area contributed by atoms with Crippen LogP contribution < -0.4 is 0 Å². The van der Waals surface area contributed by atoms with Gasteiger partial charge in [0.25, 0.3) is 0 Å². The summed E-state index contributed by atoms with van der Waals surface area (Å²) in [5.41, 5.74) is 0. The minimum Gasteiger partial charge on any atom is -0.341 e. The largest absolute Gasteiger partial charge is 0.341 e. The molecule has 92 valence electrons. The highest BCUT2D eigenvalue weighted by Crippen LogP contribution is 2.19. The van der Waals surface area contributed by atoms with Gasteiger partial charge in [-0.2, -0.15) is 5.26 Å². The number of carbonyl (C=O) groups is 1. The van der Waals surface area contributed by atoms with E-state index >= 15 is 0 Å². The van der Waals surface area contributed by atoms with Crippen LogP contribution in [0.25, 0.3) is 0 Å². The molecule has 5 nitrogen and oxygen atoms in total. The number of hydrogen-bond acceptors (Lipinski definition) is 4. The Bertz CT molecular complexity index is 406. The molecule has 0 bridgehead atoms. The van der Waals surface area contributed by atoms with Crippen LogP contribution >= 0.6 is 0 Å². The Morgan fingerprint density at radius 1 is 1.50 bits per heavy atom. The number of nitriles is 1. The fourth-order valence-electron chi connectivity index (χ4n) is 1.05. The first-order chi connectivity index (χ1) is 7.05. The minimum atomic E-state index is -3.47. The van der Waals surface area contributed by atoms with Crippen molar-refractivity contribution in [1.82, 2.24) is 4.90 Å².